The zero-order valence-corrected chi connectivity index (χ0v) is 7.48. The highest BCUT2D eigenvalue weighted by atomic mass is 28.4. The monoisotopic (exact) mass is 141 g/mol. The third-order valence-electron chi connectivity index (χ3n) is 0.700. The molecule has 0 aliphatic rings. The molecule has 0 rings (SSSR count). The van der Waals surface area contributed by atoms with Gasteiger partial charge in [0.05, 0.1) is 0 Å². The number of allylic oxidation sites excluding steroid dienone is 1. The predicted octanol–water partition coefficient (Wildman–Crippen LogP) is 2.06. The quantitative estimate of drug-likeness (QED) is 0.330. The maximum absolute atomic E-state index is 5.41. The van der Waals surface area contributed by atoms with E-state index in [1.807, 2.05) is 13.6 Å². The standard InChI is InChI=1S/C6H14BOSi/c1-5-6-7-8-9(2,3)4/h5H,1,6H2,2-4H3. The van der Waals surface area contributed by atoms with Gasteiger partial charge in [-0.15, -0.1) is 6.58 Å². The van der Waals surface area contributed by atoms with Crippen LogP contribution in [0, 0.1) is 0 Å². The number of hydrogen-bond donors (Lipinski definition) is 0. The molecule has 1 radical (unpaired) electrons. The first-order chi connectivity index (χ1) is 4.06. The lowest BCUT2D eigenvalue weighted by molar-refractivity contribution is 0.599. The van der Waals surface area contributed by atoms with Crippen LogP contribution >= 0.6 is 0 Å². The molecule has 9 heavy (non-hydrogen) atoms. The molecule has 0 aromatic heterocycles. The van der Waals surface area contributed by atoms with Gasteiger partial charge in [0.2, 0.25) is 0 Å². The normalized spacial score (nSPS) is 11.0. The maximum Gasteiger partial charge on any atom is 0.282 e. The summed E-state index contributed by atoms with van der Waals surface area (Å²) in [6.07, 6.45) is 2.68. The molecule has 0 N–H and O–H groups in total. The Kier molecular flexibility index (Phi) is 3.90. The SMILES string of the molecule is C=CC[B]O[Si](C)(C)C. The zero-order valence-electron chi connectivity index (χ0n) is 6.48. The van der Waals surface area contributed by atoms with E-state index in [1.165, 1.54) is 0 Å². The summed E-state index contributed by atoms with van der Waals surface area (Å²) in [4.78, 5) is 0. The van der Waals surface area contributed by atoms with E-state index in [1.54, 1.807) is 0 Å². The second-order valence-corrected chi connectivity index (χ2v) is 7.38. The van der Waals surface area contributed by atoms with E-state index < -0.39 is 8.32 Å². The van der Waals surface area contributed by atoms with Crippen LogP contribution < -0.4 is 0 Å². The average Bonchev–Trinajstić information content (AvgIpc) is 1.63. The van der Waals surface area contributed by atoms with Crippen LogP contribution in [0.5, 0.6) is 0 Å². The Hall–Kier alpha value is -0.0182. The van der Waals surface area contributed by atoms with Gasteiger partial charge in [0.15, 0.2) is 8.32 Å². The Morgan fingerprint density at radius 1 is 1.56 bits per heavy atom. The zero-order chi connectivity index (χ0) is 7.33. The van der Waals surface area contributed by atoms with Crippen LogP contribution in [0.3, 0.4) is 0 Å². The van der Waals surface area contributed by atoms with Gasteiger partial charge in [-0.2, -0.15) is 0 Å². The van der Waals surface area contributed by atoms with Crippen LogP contribution in [0.2, 0.25) is 26.0 Å². The van der Waals surface area contributed by atoms with Crippen molar-refractivity contribution in [3.8, 4) is 0 Å². The molecule has 0 fully saturated rings. The van der Waals surface area contributed by atoms with Crippen LogP contribution in [0.15, 0.2) is 12.7 Å². The third-order valence-corrected chi connectivity index (χ3v) is 1.57. The predicted molar refractivity (Wildman–Crippen MR) is 45.2 cm³/mol. The van der Waals surface area contributed by atoms with Crippen LogP contribution in [0.4, 0.5) is 0 Å². The average molecular weight is 141 g/mol. The number of rotatable bonds is 4. The highest BCUT2D eigenvalue weighted by molar-refractivity contribution is 6.73. The van der Waals surface area contributed by atoms with Crippen molar-refractivity contribution < 1.29 is 4.34 Å². The molecule has 0 amide bonds. The van der Waals surface area contributed by atoms with Crippen molar-refractivity contribution in [3.63, 3.8) is 0 Å². The van der Waals surface area contributed by atoms with Crippen LogP contribution in [0.1, 0.15) is 0 Å². The molecule has 0 bridgehead atoms. The van der Waals surface area contributed by atoms with Gasteiger partial charge in [-0.05, 0) is 26.0 Å². The van der Waals surface area contributed by atoms with Crippen LogP contribution in [-0.2, 0) is 4.34 Å². The molecule has 0 saturated carbocycles. The summed E-state index contributed by atoms with van der Waals surface area (Å²) < 4.78 is 5.41. The summed E-state index contributed by atoms with van der Waals surface area (Å²) in [6, 6.07) is 0. The third kappa shape index (κ3) is 7.98. The Morgan fingerprint density at radius 2 is 2.11 bits per heavy atom. The maximum atomic E-state index is 5.41. The molecule has 3 heteroatoms. The smallest absolute Gasteiger partial charge is 0.282 e. The highest BCUT2D eigenvalue weighted by Gasteiger charge is 2.12. The van der Waals surface area contributed by atoms with Crippen molar-refractivity contribution in [2.24, 2.45) is 0 Å². The van der Waals surface area contributed by atoms with E-state index >= 15 is 0 Å². The van der Waals surface area contributed by atoms with Gasteiger partial charge in [0, 0.05) is 0 Å². The Bertz CT molecular complexity index is 87.5. The van der Waals surface area contributed by atoms with E-state index in [0.29, 0.717) is 0 Å². The Balaban J connectivity index is 3.17. The van der Waals surface area contributed by atoms with Gasteiger partial charge >= 0.3 is 0 Å². The summed E-state index contributed by atoms with van der Waals surface area (Å²) >= 11 is 0. The second kappa shape index (κ2) is 3.90. The molecule has 0 aliphatic carbocycles. The van der Waals surface area contributed by atoms with E-state index in [9.17, 15) is 0 Å². The van der Waals surface area contributed by atoms with Crippen LogP contribution in [0.25, 0.3) is 0 Å². The fourth-order valence-corrected chi connectivity index (χ4v) is 0.962. The van der Waals surface area contributed by atoms with Gasteiger partial charge in [0.25, 0.3) is 7.48 Å². The topological polar surface area (TPSA) is 9.23 Å². The minimum absolute atomic E-state index is 0.851. The lowest BCUT2D eigenvalue weighted by atomic mass is 9.97. The fourth-order valence-electron chi connectivity index (χ4n) is 0.366. The summed E-state index contributed by atoms with van der Waals surface area (Å²) in [5, 5.41) is 0. The van der Waals surface area contributed by atoms with Crippen molar-refractivity contribution in [2.75, 3.05) is 0 Å². The molecule has 0 unspecified atom stereocenters. The van der Waals surface area contributed by atoms with Crippen LogP contribution in [-0.4, -0.2) is 15.8 Å². The van der Waals surface area contributed by atoms with Gasteiger partial charge in [-0.25, -0.2) is 0 Å². The molecule has 0 heterocycles. The lowest BCUT2D eigenvalue weighted by Crippen LogP contribution is -2.26. The highest BCUT2D eigenvalue weighted by Crippen LogP contribution is 2.01. The molecule has 0 aromatic rings. The van der Waals surface area contributed by atoms with Gasteiger partial charge in [-0.3, -0.25) is 0 Å². The van der Waals surface area contributed by atoms with Gasteiger partial charge in [0.1, 0.15) is 0 Å². The fraction of sp³-hybridized carbons (Fsp3) is 0.667. The Labute approximate surface area is 59.5 Å². The van der Waals surface area contributed by atoms with E-state index in [0.717, 1.165) is 6.32 Å². The van der Waals surface area contributed by atoms with Crippen molar-refractivity contribution in [1.29, 1.82) is 0 Å². The summed E-state index contributed by atoms with van der Waals surface area (Å²) in [7, 11) is 0.535. The molecule has 0 aliphatic heterocycles. The first-order valence-corrected chi connectivity index (χ1v) is 6.57. The van der Waals surface area contributed by atoms with Crippen molar-refractivity contribution in [1.82, 2.24) is 0 Å². The first kappa shape index (κ1) is 8.98. The molecular weight excluding hydrogens is 127 g/mol. The van der Waals surface area contributed by atoms with E-state index in [4.69, 9.17) is 4.34 Å². The van der Waals surface area contributed by atoms with Crippen molar-refractivity contribution in [2.45, 2.75) is 26.0 Å². The van der Waals surface area contributed by atoms with Gasteiger partial charge < -0.3 is 4.34 Å². The number of hydrogen-bond acceptors (Lipinski definition) is 1. The molecule has 0 atom stereocenters. The van der Waals surface area contributed by atoms with Crippen molar-refractivity contribution >= 4 is 15.8 Å². The summed E-state index contributed by atoms with van der Waals surface area (Å²) in [5.41, 5.74) is 0. The molecule has 0 spiro atoms. The summed E-state index contributed by atoms with van der Waals surface area (Å²) in [5.74, 6) is 0. The van der Waals surface area contributed by atoms with E-state index in [-0.39, 0.29) is 0 Å². The minimum atomic E-state index is -1.30. The lowest BCUT2D eigenvalue weighted by Gasteiger charge is -2.15. The summed E-state index contributed by atoms with van der Waals surface area (Å²) in [6.45, 7) is 10.1. The largest absolute Gasteiger partial charge is 0.480 e. The second-order valence-electron chi connectivity index (χ2n) is 2.92. The molecule has 1 nitrogen and oxygen atoms in total. The molecule has 0 aromatic carbocycles. The van der Waals surface area contributed by atoms with Gasteiger partial charge in [-0.1, -0.05) is 6.08 Å². The molecule has 51 valence electrons. The minimum Gasteiger partial charge on any atom is -0.480 e. The molecule has 0 saturated heterocycles. The van der Waals surface area contributed by atoms with E-state index in [2.05, 4.69) is 26.2 Å². The van der Waals surface area contributed by atoms with Crippen molar-refractivity contribution in [3.05, 3.63) is 12.7 Å². The molecular formula is C6H14BOSi. The first-order valence-electron chi connectivity index (χ1n) is 3.16. The Morgan fingerprint density at radius 3 is 2.44 bits per heavy atom.